The first-order valence-corrected chi connectivity index (χ1v) is 11.7. The second-order valence-electron chi connectivity index (χ2n) is 8.78. The number of fused-ring (bicyclic) bond motifs is 1. The molecule has 2 aromatic heterocycles. The van der Waals surface area contributed by atoms with Crippen molar-refractivity contribution < 1.29 is 9.47 Å². The highest BCUT2D eigenvalue weighted by Gasteiger charge is 2.30. The zero-order valence-corrected chi connectivity index (χ0v) is 19.1. The van der Waals surface area contributed by atoms with E-state index in [4.69, 9.17) is 26.2 Å². The summed E-state index contributed by atoms with van der Waals surface area (Å²) in [4.78, 5) is 2.60. The standard InChI is InChI=1S/C25H30ClN3O2/c1-3-21-25(28(14-17-7-8-17)15-18-11-12-31-16-18)23-6-4-5-22(29(23)27-21)20-10-9-19(26)13-24(20)30-2/h4-6,9-10,13,17-18H,3,7-8,11-12,14-16H2,1-2H3. The van der Waals surface area contributed by atoms with E-state index in [9.17, 15) is 0 Å². The summed E-state index contributed by atoms with van der Waals surface area (Å²) in [6.07, 6.45) is 4.72. The lowest BCUT2D eigenvalue weighted by molar-refractivity contribution is 0.186. The van der Waals surface area contributed by atoms with Crippen LogP contribution in [0.15, 0.2) is 36.4 Å². The monoisotopic (exact) mass is 439 g/mol. The molecule has 1 aliphatic carbocycles. The van der Waals surface area contributed by atoms with Crippen molar-refractivity contribution in [3.63, 3.8) is 0 Å². The Morgan fingerprint density at radius 1 is 1.16 bits per heavy atom. The maximum atomic E-state index is 6.21. The number of nitrogens with zero attached hydrogens (tertiary/aromatic N) is 3. The molecule has 1 atom stereocenters. The number of ether oxygens (including phenoxy) is 2. The largest absolute Gasteiger partial charge is 0.496 e. The normalized spacial score (nSPS) is 18.6. The van der Waals surface area contributed by atoms with Crippen LogP contribution in [-0.4, -0.2) is 43.0 Å². The van der Waals surface area contributed by atoms with Gasteiger partial charge in [-0.2, -0.15) is 5.10 Å². The molecule has 1 saturated heterocycles. The number of methoxy groups -OCH3 is 1. The summed E-state index contributed by atoms with van der Waals surface area (Å²) < 4.78 is 13.4. The molecule has 0 N–H and O–H groups in total. The molecule has 0 bridgehead atoms. The minimum Gasteiger partial charge on any atom is -0.496 e. The minimum absolute atomic E-state index is 0.595. The molecule has 0 spiro atoms. The maximum absolute atomic E-state index is 6.21. The Labute approximate surface area is 188 Å². The van der Waals surface area contributed by atoms with Gasteiger partial charge in [0.25, 0.3) is 0 Å². The number of aromatic nitrogens is 2. The zero-order chi connectivity index (χ0) is 21.4. The van der Waals surface area contributed by atoms with E-state index in [1.165, 1.54) is 18.5 Å². The van der Waals surface area contributed by atoms with Crippen LogP contribution in [0.3, 0.4) is 0 Å². The fraction of sp³-hybridized carbons (Fsp3) is 0.480. The van der Waals surface area contributed by atoms with Crippen molar-refractivity contribution in [3.8, 4) is 17.0 Å². The second-order valence-corrected chi connectivity index (χ2v) is 9.22. The van der Waals surface area contributed by atoms with E-state index in [2.05, 4.69) is 34.5 Å². The van der Waals surface area contributed by atoms with Gasteiger partial charge in [0.15, 0.2) is 0 Å². The van der Waals surface area contributed by atoms with Crippen molar-refractivity contribution in [2.24, 2.45) is 11.8 Å². The molecule has 1 aliphatic heterocycles. The van der Waals surface area contributed by atoms with Crippen LogP contribution in [0.4, 0.5) is 5.69 Å². The quantitative estimate of drug-likeness (QED) is 0.466. The van der Waals surface area contributed by atoms with Gasteiger partial charge in [-0.3, -0.25) is 0 Å². The van der Waals surface area contributed by atoms with Crippen molar-refractivity contribution >= 4 is 22.8 Å². The summed E-state index contributed by atoms with van der Waals surface area (Å²) in [5, 5.41) is 5.75. The molecule has 0 radical (unpaired) electrons. The predicted molar refractivity (Wildman–Crippen MR) is 125 cm³/mol. The first-order chi connectivity index (χ1) is 15.2. The van der Waals surface area contributed by atoms with E-state index in [0.717, 1.165) is 73.3 Å². The third-order valence-corrected chi connectivity index (χ3v) is 6.71. The van der Waals surface area contributed by atoms with Gasteiger partial charge in [-0.15, -0.1) is 0 Å². The van der Waals surface area contributed by atoms with Crippen molar-refractivity contribution in [1.29, 1.82) is 0 Å². The van der Waals surface area contributed by atoms with E-state index in [-0.39, 0.29) is 0 Å². The molecule has 31 heavy (non-hydrogen) atoms. The lowest BCUT2D eigenvalue weighted by Gasteiger charge is -2.27. The molecule has 1 unspecified atom stereocenters. The van der Waals surface area contributed by atoms with Crippen LogP contribution in [-0.2, 0) is 11.2 Å². The van der Waals surface area contributed by atoms with Crippen LogP contribution in [0.1, 0.15) is 31.9 Å². The van der Waals surface area contributed by atoms with Gasteiger partial charge >= 0.3 is 0 Å². The number of anilines is 1. The number of halogens is 1. The van der Waals surface area contributed by atoms with Crippen LogP contribution in [0, 0.1) is 11.8 Å². The minimum atomic E-state index is 0.595. The zero-order valence-electron chi connectivity index (χ0n) is 18.3. The Bertz CT molecular complexity index is 1070. The lowest BCUT2D eigenvalue weighted by Crippen LogP contribution is -2.32. The number of hydrogen-bond acceptors (Lipinski definition) is 4. The Morgan fingerprint density at radius 2 is 2.00 bits per heavy atom. The lowest BCUT2D eigenvalue weighted by atomic mass is 10.1. The van der Waals surface area contributed by atoms with Gasteiger partial charge < -0.3 is 14.4 Å². The van der Waals surface area contributed by atoms with Gasteiger partial charge in [0.05, 0.1) is 36.3 Å². The predicted octanol–water partition coefficient (Wildman–Crippen LogP) is 5.48. The molecule has 1 aromatic carbocycles. The second kappa shape index (κ2) is 8.71. The maximum Gasteiger partial charge on any atom is 0.129 e. The number of hydrogen-bond donors (Lipinski definition) is 0. The summed E-state index contributed by atoms with van der Waals surface area (Å²) in [6, 6.07) is 12.2. The highest BCUT2D eigenvalue weighted by molar-refractivity contribution is 6.30. The molecular weight excluding hydrogens is 410 g/mol. The average Bonchev–Trinajstić information content (AvgIpc) is 3.30. The first-order valence-electron chi connectivity index (χ1n) is 11.3. The fourth-order valence-electron chi connectivity index (χ4n) is 4.68. The van der Waals surface area contributed by atoms with Crippen molar-refractivity contribution in [2.45, 2.75) is 32.6 Å². The van der Waals surface area contributed by atoms with Gasteiger partial charge in [-0.1, -0.05) is 24.6 Å². The Balaban J connectivity index is 1.62. The highest BCUT2D eigenvalue weighted by atomic mass is 35.5. The molecule has 2 aliphatic rings. The van der Waals surface area contributed by atoms with E-state index in [0.29, 0.717) is 10.9 Å². The fourth-order valence-corrected chi connectivity index (χ4v) is 4.84. The van der Waals surface area contributed by atoms with E-state index in [1.54, 1.807) is 7.11 Å². The van der Waals surface area contributed by atoms with Crippen molar-refractivity contribution in [2.75, 3.05) is 38.3 Å². The molecule has 1 saturated carbocycles. The molecule has 5 rings (SSSR count). The van der Waals surface area contributed by atoms with E-state index >= 15 is 0 Å². The Kier molecular flexibility index (Phi) is 5.81. The number of pyridine rings is 1. The summed E-state index contributed by atoms with van der Waals surface area (Å²) in [7, 11) is 1.68. The smallest absolute Gasteiger partial charge is 0.129 e. The third-order valence-electron chi connectivity index (χ3n) is 6.47. The molecule has 5 nitrogen and oxygen atoms in total. The Morgan fingerprint density at radius 3 is 2.71 bits per heavy atom. The molecule has 3 aromatic rings. The number of benzene rings is 1. The van der Waals surface area contributed by atoms with Gasteiger partial charge in [0.1, 0.15) is 5.75 Å². The van der Waals surface area contributed by atoms with Crippen LogP contribution in [0.5, 0.6) is 5.75 Å². The van der Waals surface area contributed by atoms with Crippen molar-refractivity contribution in [1.82, 2.24) is 9.61 Å². The van der Waals surface area contributed by atoms with Crippen molar-refractivity contribution in [3.05, 3.63) is 47.1 Å². The Hall–Kier alpha value is -2.24. The first kappa shape index (κ1) is 20.7. The van der Waals surface area contributed by atoms with Gasteiger partial charge in [0, 0.05) is 36.2 Å². The average molecular weight is 440 g/mol. The van der Waals surface area contributed by atoms with Crippen LogP contribution in [0.2, 0.25) is 5.02 Å². The van der Waals surface area contributed by atoms with E-state index in [1.807, 2.05) is 18.2 Å². The third kappa shape index (κ3) is 4.13. The molecule has 0 amide bonds. The molecule has 2 fully saturated rings. The van der Waals surface area contributed by atoms with Crippen LogP contribution in [0.25, 0.3) is 16.8 Å². The molecular formula is C25H30ClN3O2. The van der Waals surface area contributed by atoms with E-state index < -0.39 is 0 Å². The van der Waals surface area contributed by atoms with Gasteiger partial charge in [-0.25, -0.2) is 4.52 Å². The highest BCUT2D eigenvalue weighted by Crippen LogP contribution is 2.38. The van der Waals surface area contributed by atoms with Gasteiger partial charge in [0.2, 0.25) is 0 Å². The molecule has 6 heteroatoms. The van der Waals surface area contributed by atoms with Gasteiger partial charge in [-0.05, 0) is 61.9 Å². The number of rotatable bonds is 8. The number of aryl methyl sites for hydroxylation is 1. The van der Waals surface area contributed by atoms with Crippen LogP contribution >= 0.6 is 11.6 Å². The molecule has 164 valence electrons. The summed E-state index contributed by atoms with van der Waals surface area (Å²) in [6.45, 7) is 6.10. The SMILES string of the molecule is CCc1nn2c(-c3ccc(Cl)cc3OC)cccc2c1N(CC1CC1)CC1CCOC1. The van der Waals surface area contributed by atoms with Crippen LogP contribution < -0.4 is 9.64 Å². The summed E-state index contributed by atoms with van der Waals surface area (Å²) in [5.41, 5.74) is 5.61. The topological polar surface area (TPSA) is 39.0 Å². The summed E-state index contributed by atoms with van der Waals surface area (Å²) >= 11 is 6.21. The molecule has 3 heterocycles. The summed E-state index contributed by atoms with van der Waals surface area (Å²) in [5.74, 6) is 2.16.